The van der Waals surface area contributed by atoms with Gasteiger partial charge in [0, 0.05) is 30.4 Å². The third-order valence-electron chi connectivity index (χ3n) is 7.14. The van der Waals surface area contributed by atoms with Crippen LogP contribution in [-0.2, 0) is 9.47 Å². The largest absolute Gasteiger partial charge is 0.491 e. The van der Waals surface area contributed by atoms with Crippen molar-refractivity contribution in [2.75, 3.05) is 12.4 Å². The molecule has 160 valence electrons. The monoisotopic (exact) mass is 417 g/mol. The van der Waals surface area contributed by atoms with Gasteiger partial charge in [0.2, 0.25) is 0 Å². The average Bonchev–Trinajstić information content (AvgIpc) is 3.23. The molecular weight excluding hydrogens is 382 g/mol. The molecule has 29 heavy (non-hydrogen) atoms. The van der Waals surface area contributed by atoms with Crippen LogP contribution in [0.3, 0.4) is 0 Å². The molecule has 0 bridgehead atoms. The van der Waals surface area contributed by atoms with Gasteiger partial charge in [-0.2, -0.15) is 0 Å². The second-order valence-electron chi connectivity index (χ2n) is 9.31. The second-order valence-corrected chi connectivity index (χ2v) is 10.3. The fraction of sp³-hybridized carbons (Fsp3) is 0.792. The van der Waals surface area contributed by atoms with Gasteiger partial charge >= 0.3 is 0 Å². The van der Waals surface area contributed by atoms with Crippen molar-refractivity contribution in [1.29, 1.82) is 0 Å². The van der Waals surface area contributed by atoms with E-state index in [9.17, 15) is 0 Å². The van der Waals surface area contributed by atoms with Crippen molar-refractivity contribution in [3.05, 3.63) is 23.0 Å². The van der Waals surface area contributed by atoms with Gasteiger partial charge in [-0.05, 0) is 38.5 Å². The predicted molar refractivity (Wildman–Crippen MR) is 115 cm³/mol. The zero-order valence-electron chi connectivity index (χ0n) is 17.6. The predicted octanol–water partition coefficient (Wildman–Crippen LogP) is 7.06. The van der Waals surface area contributed by atoms with Gasteiger partial charge in [-0.25, -0.2) is 4.98 Å². The van der Waals surface area contributed by atoms with E-state index in [1.54, 1.807) is 11.8 Å². The molecule has 0 spiro atoms. The van der Waals surface area contributed by atoms with Gasteiger partial charge in [-0.1, -0.05) is 50.3 Å². The molecule has 1 aromatic heterocycles. The molecular formula is C24H35NO3S. The number of ether oxygens (including phenoxy) is 2. The van der Waals surface area contributed by atoms with E-state index >= 15 is 0 Å². The lowest BCUT2D eigenvalue weighted by molar-refractivity contribution is -0.00455. The van der Waals surface area contributed by atoms with Gasteiger partial charge in [0.25, 0.3) is 5.22 Å². The average molecular weight is 418 g/mol. The lowest BCUT2D eigenvalue weighted by atomic mass is 9.81. The van der Waals surface area contributed by atoms with Crippen molar-refractivity contribution in [2.45, 2.75) is 113 Å². The number of oxazole rings is 1. The summed E-state index contributed by atoms with van der Waals surface area (Å²) in [6.45, 7) is 0.664. The van der Waals surface area contributed by atoms with Crippen LogP contribution in [0, 0.1) is 0 Å². The van der Waals surface area contributed by atoms with Gasteiger partial charge in [0.05, 0.1) is 5.69 Å². The van der Waals surface area contributed by atoms with Gasteiger partial charge in [0.1, 0.15) is 30.0 Å². The molecule has 3 aliphatic carbocycles. The Morgan fingerprint density at radius 3 is 2.24 bits per heavy atom. The summed E-state index contributed by atoms with van der Waals surface area (Å²) in [4.78, 5) is 5.06. The van der Waals surface area contributed by atoms with Crippen molar-refractivity contribution >= 4 is 11.8 Å². The van der Waals surface area contributed by atoms with Crippen LogP contribution in [0.1, 0.15) is 113 Å². The number of aromatic nitrogens is 1. The number of rotatable bonds is 5. The van der Waals surface area contributed by atoms with E-state index in [1.807, 2.05) is 0 Å². The summed E-state index contributed by atoms with van der Waals surface area (Å²) in [7, 11) is 0. The van der Waals surface area contributed by atoms with Gasteiger partial charge in [0.15, 0.2) is 0 Å². The molecule has 1 aliphatic heterocycles. The molecule has 5 rings (SSSR count). The zero-order valence-corrected chi connectivity index (χ0v) is 18.4. The summed E-state index contributed by atoms with van der Waals surface area (Å²) in [5.41, 5.74) is 1.30. The van der Waals surface area contributed by atoms with Crippen LogP contribution in [-0.4, -0.2) is 23.4 Å². The van der Waals surface area contributed by atoms with Crippen molar-refractivity contribution in [2.24, 2.45) is 0 Å². The number of hydrogen-bond donors (Lipinski definition) is 0. The lowest BCUT2D eigenvalue weighted by Crippen LogP contribution is -2.28. The van der Waals surface area contributed by atoms with Crippen LogP contribution in [0.5, 0.6) is 0 Å². The summed E-state index contributed by atoms with van der Waals surface area (Å²) >= 11 is 1.72. The van der Waals surface area contributed by atoms with Crippen LogP contribution in [0.25, 0.3) is 0 Å². The number of hydrogen-bond acceptors (Lipinski definition) is 5. The molecule has 5 heteroatoms. The van der Waals surface area contributed by atoms with Crippen molar-refractivity contribution in [1.82, 2.24) is 4.98 Å². The Labute approximate surface area is 179 Å². The van der Waals surface area contributed by atoms with E-state index in [1.165, 1.54) is 88.5 Å². The minimum Gasteiger partial charge on any atom is -0.491 e. The highest BCUT2D eigenvalue weighted by Gasteiger charge is 2.31. The van der Waals surface area contributed by atoms with Crippen molar-refractivity contribution in [3.63, 3.8) is 0 Å². The summed E-state index contributed by atoms with van der Waals surface area (Å²) < 4.78 is 18.7. The fourth-order valence-electron chi connectivity index (χ4n) is 5.51. The first-order valence-electron chi connectivity index (χ1n) is 12.0. The van der Waals surface area contributed by atoms with E-state index in [0.29, 0.717) is 18.4 Å². The molecule has 0 radical (unpaired) electrons. The quantitative estimate of drug-likeness (QED) is 0.480. The normalized spacial score (nSPS) is 26.7. The second kappa shape index (κ2) is 9.36. The molecule has 1 atom stereocenters. The fourth-order valence-corrected chi connectivity index (χ4v) is 6.32. The van der Waals surface area contributed by atoms with E-state index in [-0.39, 0.29) is 6.10 Å². The Bertz CT molecular complexity index is 680. The Balaban J connectivity index is 1.27. The lowest BCUT2D eigenvalue weighted by Gasteiger charge is -2.31. The van der Waals surface area contributed by atoms with Crippen LogP contribution in [0.15, 0.2) is 21.2 Å². The Hall–Kier alpha value is -1.10. The molecule has 0 N–H and O–H groups in total. The van der Waals surface area contributed by atoms with Gasteiger partial charge in [-0.3, -0.25) is 0 Å². The summed E-state index contributed by atoms with van der Waals surface area (Å²) in [5, 5.41) is 0.859. The maximum atomic E-state index is 6.45. The highest BCUT2D eigenvalue weighted by molar-refractivity contribution is 7.99. The molecule has 2 heterocycles. The van der Waals surface area contributed by atoms with E-state index in [0.717, 1.165) is 35.3 Å². The highest BCUT2D eigenvalue weighted by Crippen LogP contribution is 2.42. The molecule has 4 aliphatic rings. The first-order valence-corrected chi connectivity index (χ1v) is 13.0. The van der Waals surface area contributed by atoms with Crippen molar-refractivity contribution in [3.8, 4) is 0 Å². The van der Waals surface area contributed by atoms with E-state index in [4.69, 9.17) is 18.9 Å². The minimum atomic E-state index is 0.111. The van der Waals surface area contributed by atoms with Gasteiger partial charge < -0.3 is 13.9 Å². The van der Waals surface area contributed by atoms with E-state index < -0.39 is 0 Å². The minimum absolute atomic E-state index is 0.111. The summed E-state index contributed by atoms with van der Waals surface area (Å²) in [6, 6.07) is 0. The SMILES string of the molecule is C1CCC(c2nc(SCC3COC4=C(CCCC4)O3)oc2C2CCCCC2)CC1. The van der Waals surface area contributed by atoms with E-state index in [2.05, 4.69) is 0 Å². The Morgan fingerprint density at radius 1 is 0.793 bits per heavy atom. The molecule has 1 unspecified atom stereocenters. The van der Waals surface area contributed by atoms with Crippen LogP contribution >= 0.6 is 11.8 Å². The first kappa shape index (κ1) is 19.8. The smallest absolute Gasteiger partial charge is 0.256 e. The summed E-state index contributed by atoms with van der Waals surface area (Å²) in [5.74, 6) is 5.50. The Morgan fingerprint density at radius 2 is 1.48 bits per heavy atom. The topological polar surface area (TPSA) is 44.5 Å². The highest BCUT2D eigenvalue weighted by atomic mass is 32.2. The molecule has 4 nitrogen and oxygen atoms in total. The molecule has 2 fully saturated rings. The zero-order chi connectivity index (χ0) is 19.5. The van der Waals surface area contributed by atoms with Crippen LogP contribution in [0.4, 0.5) is 0 Å². The Kier molecular flexibility index (Phi) is 6.41. The third-order valence-corrected chi connectivity index (χ3v) is 8.10. The molecule has 1 aromatic rings. The number of allylic oxidation sites excluding steroid dienone is 2. The number of thioether (sulfide) groups is 1. The van der Waals surface area contributed by atoms with Crippen LogP contribution < -0.4 is 0 Å². The van der Waals surface area contributed by atoms with Gasteiger partial charge in [-0.15, -0.1) is 0 Å². The third kappa shape index (κ3) is 4.65. The summed E-state index contributed by atoms with van der Waals surface area (Å²) in [6.07, 6.45) is 17.9. The molecule has 2 saturated carbocycles. The van der Waals surface area contributed by atoms with Crippen molar-refractivity contribution < 1.29 is 13.9 Å². The first-order chi connectivity index (χ1) is 14.4. The number of nitrogens with zero attached hydrogens (tertiary/aromatic N) is 1. The standard InChI is InChI=1S/C24H35NO3S/c1-3-9-17(10-4-1)22-23(18-11-5-2-6-12-18)28-24(25-22)29-16-19-15-26-20-13-7-8-14-21(20)27-19/h17-19H,1-16H2. The maximum Gasteiger partial charge on any atom is 0.256 e. The molecule has 0 amide bonds. The maximum absolute atomic E-state index is 6.45. The van der Waals surface area contributed by atoms with Crippen LogP contribution in [0.2, 0.25) is 0 Å². The molecule has 0 saturated heterocycles. The molecule has 0 aromatic carbocycles.